The smallest absolute Gasteiger partial charge is 0.275 e. The molecule has 2 aliphatic rings. The van der Waals surface area contributed by atoms with Crippen molar-refractivity contribution >= 4 is 21.8 Å². The Morgan fingerprint density at radius 2 is 2.21 bits per heavy atom. The Hall–Kier alpha value is -0.880. The zero-order valence-electron chi connectivity index (χ0n) is 11.1. The summed E-state index contributed by atoms with van der Waals surface area (Å²) in [6.07, 6.45) is 2.44. The standard InChI is InChI=1S/C13H18BrN3O2/c1-7-6-19-8(2)5-17(7)13(18)12-10(14)11(15-16-12)9-3-4-9/h7-9H,3-6H2,1-2H3,(H,15,16). The van der Waals surface area contributed by atoms with Crippen LogP contribution in [0, 0.1) is 0 Å². The highest BCUT2D eigenvalue weighted by Gasteiger charge is 2.34. The second-order valence-electron chi connectivity index (χ2n) is 5.52. The summed E-state index contributed by atoms with van der Waals surface area (Å²) < 4.78 is 6.40. The van der Waals surface area contributed by atoms with Crippen LogP contribution in [0.3, 0.4) is 0 Å². The Bertz CT molecular complexity index is 498. The fraction of sp³-hybridized carbons (Fsp3) is 0.692. The van der Waals surface area contributed by atoms with Crippen LogP contribution in [0.25, 0.3) is 0 Å². The van der Waals surface area contributed by atoms with E-state index in [9.17, 15) is 4.79 Å². The predicted octanol–water partition coefficient (Wildman–Crippen LogP) is 2.30. The molecule has 3 rings (SSSR count). The summed E-state index contributed by atoms with van der Waals surface area (Å²) in [6.45, 7) is 5.20. The molecule has 2 heterocycles. The molecule has 1 saturated carbocycles. The number of H-pyrrole nitrogens is 1. The van der Waals surface area contributed by atoms with E-state index in [4.69, 9.17) is 4.74 Å². The number of nitrogens with one attached hydrogen (secondary N) is 1. The zero-order valence-corrected chi connectivity index (χ0v) is 12.7. The van der Waals surface area contributed by atoms with Gasteiger partial charge in [0.25, 0.3) is 5.91 Å². The Kier molecular flexibility index (Phi) is 3.39. The van der Waals surface area contributed by atoms with Crippen molar-refractivity contribution in [2.24, 2.45) is 0 Å². The van der Waals surface area contributed by atoms with Gasteiger partial charge in [0.1, 0.15) is 0 Å². The van der Waals surface area contributed by atoms with E-state index in [0.29, 0.717) is 24.8 Å². The lowest BCUT2D eigenvalue weighted by Crippen LogP contribution is -2.50. The number of hydrogen-bond acceptors (Lipinski definition) is 3. The number of nitrogens with zero attached hydrogens (tertiary/aromatic N) is 2. The van der Waals surface area contributed by atoms with Crippen molar-refractivity contribution in [2.75, 3.05) is 13.2 Å². The van der Waals surface area contributed by atoms with Gasteiger partial charge in [0.15, 0.2) is 5.69 Å². The maximum Gasteiger partial charge on any atom is 0.275 e. The van der Waals surface area contributed by atoms with Crippen LogP contribution in [0.2, 0.25) is 0 Å². The third kappa shape index (κ3) is 2.43. The Morgan fingerprint density at radius 3 is 2.89 bits per heavy atom. The molecular formula is C13H18BrN3O2. The number of morpholine rings is 1. The van der Waals surface area contributed by atoms with Gasteiger partial charge >= 0.3 is 0 Å². The van der Waals surface area contributed by atoms with E-state index in [2.05, 4.69) is 26.1 Å². The van der Waals surface area contributed by atoms with Gasteiger partial charge in [-0.3, -0.25) is 9.89 Å². The van der Waals surface area contributed by atoms with E-state index >= 15 is 0 Å². The molecule has 5 nitrogen and oxygen atoms in total. The monoisotopic (exact) mass is 327 g/mol. The molecule has 1 aliphatic carbocycles. The fourth-order valence-corrected chi connectivity index (χ4v) is 3.12. The maximum atomic E-state index is 12.6. The van der Waals surface area contributed by atoms with Gasteiger partial charge < -0.3 is 9.64 Å². The van der Waals surface area contributed by atoms with Crippen molar-refractivity contribution < 1.29 is 9.53 Å². The molecule has 0 aromatic carbocycles. The molecule has 0 bridgehead atoms. The van der Waals surface area contributed by atoms with Crippen LogP contribution in [-0.4, -0.2) is 46.3 Å². The molecule has 2 atom stereocenters. The SMILES string of the molecule is CC1CN(C(=O)c2n[nH]c(C3CC3)c2Br)C(C)CO1. The van der Waals surface area contributed by atoms with Crippen LogP contribution in [-0.2, 0) is 4.74 Å². The molecule has 1 aliphatic heterocycles. The second kappa shape index (κ2) is 4.90. The van der Waals surface area contributed by atoms with Crippen molar-refractivity contribution in [3.05, 3.63) is 15.9 Å². The summed E-state index contributed by atoms with van der Waals surface area (Å²) >= 11 is 3.52. The summed E-state index contributed by atoms with van der Waals surface area (Å²) in [5.74, 6) is 0.530. The Balaban J connectivity index is 1.82. The summed E-state index contributed by atoms with van der Waals surface area (Å²) in [4.78, 5) is 14.4. The Labute approximate surface area is 120 Å². The number of rotatable bonds is 2. The predicted molar refractivity (Wildman–Crippen MR) is 74.2 cm³/mol. The number of ether oxygens (including phenoxy) is 1. The Morgan fingerprint density at radius 1 is 1.47 bits per heavy atom. The fourth-order valence-electron chi connectivity index (χ4n) is 2.45. The van der Waals surface area contributed by atoms with Crippen LogP contribution < -0.4 is 0 Å². The van der Waals surface area contributed by atoms with Gasteiger partial charge in [0, 0.05) is 12.5 Å². The largest absolute Gasteiger partial charge is 0.375 e. The van der Waals surface area contributed by atoms with Crippen molar-refractivity contribution in [2.45, 2.75) is 44.8 Å². The number of aromatic nitrogens is 2. The molecule has 19 heavy (non-hydrogen) atoms. The first-order valence-corrected chi connectivity index (χ1v) is 7.53. The van der Waals surface area contributed by atoms with Crippen LogP contribution in [0.4, 0.5) is 0 Å². The van der Waals surface area contributed by atoms with E-state index in [1.807, 2.05) is 18.7 Å². The highest BCUT2D eigenvalue weighted by Crippen LogP contribution is 2.43. The number of amides is 1. The van der Waals surface area contributed by atoms with Crippen molar-refractivity contribution in [1.82, 2.24) is 15.1 Å². The molecule has 1 aromatic rings. The van der Waals surface area contributed by atoms with Gasteiger partial charge in [-0.15, -0.1) is 0 Å². The van der Waals surface area contributed by atoms with Crippen LogP contribution in [0.1, 0.15) is 48.8 Å². The summed E-state index contributed by atoms with van der Waals surface area (Å²) in [6, 6.07) is 0.0941. The molecular weight excluding hydrogens is 310 g/mol. The number of carbonyl (C=O) groups is 1. The minimum absolute atomic E-state index is 0.0160. The average Bonchev–Trinajstić information content (AvgIpc) is 3.15. The van der Waals surface area contributed by atoms with Gasteiger partial charge in [-0.05, 0) is 42.6 Å². The lowest BCUT2D eigenvalue weighted by atomic mass is 10.2. The topological polar surface area (TPSA) is 58.2 Å². The first-order chi connectivity index (χ1) is 9.08. The van der Waals surface area contributed by atoms with Crippen LogP contribution in [0.5, 0.6) is 0 Å². The first-order valence-electron chi connectivity index (χ1n) is 6.74. The molecule has 1 saturated heterocycles. The minimum Gasteiger partial charge on any atom is -0.375 e. The molecule has 104 valence electrons. The van der Waals surface area contributed by atoms with Crippen LogP contribution >= 0.6 is 15.9 Å². The van der Waals surface area contributed by atoms with E-state index in [1.54, 1.807) is 0 Å². The molecule has 0 spiro atoms. The van der Waals surface area contributed by atoms with Crippen molar-refractivity contribution in [3.63, 3.8) is 0 Å². The maximum absolute atomic E-state index is 12.6. The summed E-state index contributed by atoms with van der Waals surface area (Å²) in [7, 11) is 0. The lowest BCUT2D eigenvalue weighted by Gasteiger charge is -2.36. The number of aromatic amines is 1. The second-order valence-corrected chi connectivity index (χ2v) is 6.32. The normalized spacial score (nSPS) is 27.6. The number of carbonyl (C=O) groups excluding carboxylic acids is 1. The molecule has 1 N–H and O–H groups in total. The van der Waals surface area contributed by atoms with Crippen molar-refractivity contribution in [3.8, 4) is 0 Å². The number of halogens is 1. The molecule has 1 amide bonds. The lowest BCUT2D eigenvalue weighted by molar-refractivity contribution is -0.0389. The quantitative estimate of drug-likeness (QED) is 0.906. The molecule has 6 heteroatoms. The van der Waals surface area contributed by atoms with Gasteiger partial charge in [0.05, 0.1) is 28.9 Å². The summed E-state index contributed by atoms with van der Waals surface area (Å²) in [5, 5.41) is 7.21. The van der Waals surface area contributed by atoms with E-state index < -0.39 is 0 Å². The van der Waals surface area contributed by atoms with E-state index in [0.717, 1.165) is 10.2 Å². The molecule has 1 aromatic heterocycles. The third-order valence-electron chi connectivity index (χ3n) is 3.79. The van der Waals surface area contributed by atoms with Gasteiger partial charge in [-0.1, -0.05) is 0 Å². The van der Waals surface area contributed by atoms with E-state index in [1.165, 1.54) is 12.8 Å². The highest BCUT2D eigenvalue weighted by molar-refractivity contribution is 9.10. The summed E-state index contributed by atoms with van der Waals surface area (Å²) in [5.41, 5.74) is 1.57. The van der Waals surface area contributed by atoms with E-state index in [-0.39, 0.29) is 18.1 Å². The molecule has 2 unspecified atom stereocenters. The van der Waals surface area contributed by atoms with Crippen LogP contribution in [0.15, 0.2) is 4.47 Å². The molecule has 0 radical (unpaired) electrons. The number of hydrogen-bond donors (Lipinski definition) is 1. The van der Waals surface area contributed by atoms with Gasteiger partial charge in [0.2, 0.25) is 0 Å². The zero-order chi connectivity index (χ0) is 13.6. The first kappa shape index (κ1) is 13.1. The van der Waals surface area contributed by atoms with Gasteiger partial charge in [-0.2, -0.15) is 5.10 Å². The van der Waals surface area contributed by atoms with Gasteiger partial charge in [-0.25, -0.2) is 0 Å². The third-order valence-corrected chi connectivity index (χ3v) is 4.59. The molecule has 2 fully saturated rings. The minimum atomic E-state index is -0.0160. The average molecular weight is 328 g/mol. The van der Waals surface area contributed by atoms with Crippen molar-refractivity contribution in [1.29, 1.82) is 0 Å². The highest BCUT2D eigenvalue weighted by atomic mass is 79.9.